The van der Waals surface area contributed by atoms with Crippen molar-refractivity contribution in [2.75, 3.05) is 13.2 Å². The molecule has 0 unspecified atom stereocenters. The van der Waals surface area contributed by atoms with Crippen molar-refractivity contribution in [2.24, 2.45) is 0 Å². The van der Waals surface area contributed by atoms with Gasteiger partial charge in [0.15, 0.2) is 5.78 Å². The SMILES string of the molecule is CC(C)(O)C(=O)c1ccc(OCCOC(=O)c2cc(C(=O)O)ccc2C(=O)O)cc1. The largest absolute Gasteiger partial charge is 0.490 e. The second-order valence-corrected chi connectivity index (χ2v) is 6.77. The standard InChI is InChI=1S/C21H20O9/c1-21(2,28)17(22)12-3-6-14(7-4-12)29-9-10-30-20(27)16-11-13(18(23)24)5-8-15(16)19(25)26/h3-8,11,28H,9-10H2,1-2H3,(H,23,24)(H,25,26). The summed E-state index contributed by atoms with van der Waals surface area (Å²) in [6.07, 6.45) is 0. The molecule has 0 spiro atoms. The van der Waals surface area contributed by atoms with Crippen molar-refractivity contribution in [2.45, 2.75) is 19.4 Å². The van der Waals surface area contributed by atoms with E-state index in [0.717, 1.165) is 18.2 Å². The monoisotopic (exact) mass is 416 g/mol. The van der Waals surface area contributed by atoms with Gasteiger partial charge in [0.1, 0.15) is 24.6 Å². The molecule has 0 saturated heterocycles. The summed E-state index contributed by atoms with van der Waals surface area (Å²) in [6, 6.07) is 9.04. The molecule has 0 radical (unpaired) electrons. The molecule has 0 aliphatic heterocycles. The van der Waals surface area contributed by atoms with Crippen LogP contribution in [-0.4, -0.2) is 57.8 Å². The van der Waals surface area contributed by atoms with Crippen molar-refractivity contribution in [1.29, 1.82) is 0 Å². The van der Waals surface area contributed by atoms with Gasteiger partial charge < -0.3 is 24.8 Å². The highest BCUT2D eigenvalue weighted by atomic mass is 16.6. The first-order valence-electron chi connectivity index (χ1n) is 8.78. The van der Waals surface area contributed by atoms with Crippen molar-refractivity contribution in [3.05, 3.63) is 64.7 Å². The Morgan fingerprint density at radius 3 is 1.97 bits per heavy atom. The van der Waals surface area contributed by atoms with Gasteiger partial charge in [-0.2, -0.15) is 0 Å². The van der Waals surface area contributed by atoms with Crippen molar-refractivity contribution in [3.8, 4) is 5.75 Å². The van der Waals surface area contributed by atoms with Gasteiger partial charge in [-0.05, 0) is 56.3 Å². The zero-order chi connectivity index (χ0) is 22.5. The Morgan fingerprint density at radius 2 is 1.43 bits per heavy atom. The molecular formula is C21H20O9. The van der Waals surface area contributed by atoms with Gasteiger partial charge >= 0.3 is 17.9 Å². The smallest absolute Gasteiger partial charge is 0.339 e. The maximum absolute atomic E-state index is 12.2. The Hall–Kier alpha value is -3.72. The molecule has 0 amide bonds. The third-order valence-electron chi connectivity index (χ3n) is 3.97. The molecule has 0 aromatic heterocycles. The summed E-state index contributed by atoms with van der Waals surface area (Å²) in [5.41, 5.74) is -2.19. The first-order chi connectivity index (χ1) is 14.0. The van der Waals surface area contributed by atoms with Crippen LogP contribution in [0.15, 0.2) is 42.5 Å². The molecule has 0 aliphatic rings. The topological polar surface area (TPSA) is 147 Å². The minimum atomic E-state index is -1.50. The van der Waals surface area contributed by atoms with E-state index in [-0.39, 0.29) is 29.9 Å². The Bertz CT molecular complexity index is 969. The minimum Gasteiger partial charge on any atom is -0.490 e. The maximum atomic E-state index is 12.2. The molecule has 158 valence electrons. The zero-order valence-corrected chi connectivity index (χ0v) is 16.2. The van der Waals surface area contributed by atoms with Crippen LogP contribution in [-0.2, 0) is 4.74 Å². The van der Waals surface area contributed by atoms with Crippen molar-refractivity contribution >= 4 is 23.7 Å². The van der Waals surface area contributed by atoms with Gasteiger partial charge in [-0.15, -0.1) is 0 Å². The first-order valence-corrected chi connectivity index (χ1v) is 8.78. The highest BCUT2D eigenvalue weighted by molar-refractivity contribution is 6.04. The predicted molar refractivity (Wildman–Crippen MR) is 103 cm³/mol. The number of aromatic carboxylic acids is 2. The molecule has 2 rings (SSSR count). The molecule has 30 heavy (non-hydrogen) atoms. The van der Waals surface area contributed by atoms with Crippen molar-refractivity contribution < 1.29 is 44.0 Å². The molecule has 2 aromatic rings. The van der Waals surface area contributed by atoms with Crippen LogP contribution in [0, 0.1) is 0 Å². The highest BCUT2D eigenvalue weighted by Gasteiger charge is 2.25. The summed E-state index contributed by atoms with van der Waals surface area (Å²) in [6.45, 7) is 2.48. The zero-order valence-electron chi connectivity index (χ0n) is 16.2. The molecule has 0 bridgehead atoms. The van der Waals surface area contributed by atoms with E-state index < -0.39 is 29.3 Å². The lowest BCUT2D eigenvalue weighted by atomic mass is 9.97. The first kappa shape index (κ1) is 22.6. The number of aliphatic hydroxyl groups is 1. The van der Waals surface area contributed by atoms with E-state index >= 15 is 0 Å². The second kappa shape index (κ2) is 9.19. The van der Waals surface area contributed by atoms with Crippen LogP contribution in [0.1, 0.15) is 55.3 Å². The summed E-state index contributed by atoms with van der Waals surface area (Å²) in [5.74, 6) is -3.75. The van der Waals surface area contributed by atoms with Gasteiger partial charge in [0, 0.05) is 5.56 Å². The normalized spacial score (nSPS) is 10.9. The Labute approximate surface area is 171 Å². The number of benzene rings is 2. The minimum absolute atomic E-state index is 0.0639. The number of hydrogen-bond acceptors (Lipinski definition) is 7. The Morgan fingerprint density at radius 1 is 0.833 bits per heavy atom. The number of ketones is 1. The van der Waals surface area contributed by atoms with E-state index in [1.54, 1.807) is 0 Å². The lowest BCUT2D eigenvalue weighted by Crippen LogP contribution is -2.30. The number of carboxylic acid groups (broad SMARTS) is 2. The third kappa shape index (κ3) is 5.65. The molecule has 9 heteroatoms. The quantitative estimate of drug-likeness (QED) is 0.318. The van der Waals surface area contributed by atoms with Gasteiger partial charge in [0.2, 0.25) is 0 Å². The van der Waals surface area contributed by atoms with Crippen LogP contribution < -0.4 is 4.74 Å². The lowest BCUT2D eigenvalue weighted by Gasteiger charge is -2.15. The average Bonchev–Trinajstić information content (AvgIpc) is 2.69. The third-order valence-corrected chi connectivity index (χ3v) is 3.97. The van der Waals surface area contributed by atoms with E-state index in [1.165, 1.54) is 38.1 Å². The van der Waals surface area contributed by atoms with Crippen LogP contribution in [0.4, 0.5) is 0 Å². The fourth-order valence-electron chi connectivity index (χ4n) is 2.46. The predicted octanol–water partition coefficient (Wildman–Crippen LogP) is 2.27. The van der Waals surface area contributed by atoms with Crippen LogP contribution in [0.3, 0.4) is 0 Å². The van der Waals surface area contributed by atoms with Crippen molar-refractivity contribution in [1.82, 2.24) is 0 Å². The van der Waals surface area contributed by atoms with Crippen LogP contribution >= 0.6 is 0 Å². The van der Waals surface area contributed by atoms with E-state index in [9.17, 15) is 24.3 Å². The van der Waals surface area contributed by atoms with Gasteiger partial charge in [0.05, 0.1) is 16.7 Å². The molecular weight excluding hydrogens is 396 g/mol. The van der Waals surface area contributed by atoms with Crippen LogP contribution in [0.5, 0.6) is 5.75 Å². The Kier molecular flexibility index (Phi) is 6.91. The summed E-state index contributed by atoms with van der Waals surface area (Å²) in [4.78, 5) is 46.4. The maximum Gasteiger partial charge on any atom is 0.339 e. The molecule has 0 heterocycles. The molecule has 2 aromatic carbocycles. The van der Waals surface area contributed by atoms with E-state index in [1.807, 2.05) is 0 Å². The number of rotatable bonds is 9. The van der Waals surface area contributed by atoms with Gasteiger partial charge in [0.25, 0.3) is 0 Å². The number of carboxylic acids is 2. The lowest BCUT2D eigenvalue weighted by molar-refractivity contribution is 0.0442. The highest BCUT2D eigenvalue weighted by Crippen LogP contribution is 2.18. The molecule has 9 nitrogen and oxygen atoms in total. The molecule has 3 N–H and O–H groups in total. The van der Waals surface area contributed by atoms with Crippen LogP contribution in [0.25, 0.3) is 0 Å². The van der Waals surface area contributed by atoms with E-state index in [0.29, 0.717) is 11.3 Å². The average molecular weight is 416 g/mol. The number of carbonyl (C=O) groups excluding carboxylic acids is 2. The summed E-state index contributed by atoms with van der Waals surface area (Å²) in [5, 5.41) is 27.9. The number of esters is 1. The summed E-state index contributed by atoms with van der Waals surface area (Å²) in [7, 11) is 0. The molecule has 0 fully saturated rings. The summed E-state index contributed by atoms with van der Waals surface area (Å²) < 4.78 is 10.4. The number of hydrogen-bond donors (Lipinski definition) is 3. The second-order valence-electron chi connectivity index (χ2n) is 6.77. The fraction of sp³-hybridized carbons (Fsp3) is 0.238. The van der Waals surface area contributed by atoms with E-state index in [2.05, 4.69) is 0 Å². The molecule has 0 saturated carbocycles. The van der Waals surface area contributed by atoms with Crippen molar-refractivity contribution in [3.63, 3.8) is 0 Å². The summed E-state index contributed by atoms with van der Waals surface area (Å²) >= 11 is 0. The molecule has 0 aliphatic carbocycles. The number of Topliss-reactive ketones (excluding diaryl/α,β-unsaturated/α-hetero) is 1. The van der Waals surface area contributed by atoms with Crippen LogP contribution in [0.2, 0.25) is 0 Å². The fourth-order valence-corrected chi connectivity index (χ4v) is 2.46. The van der Waals surface area contributed by atoms with Gasteiger partial charge in [-0.25, -0.2) is 14.4 Å². The van der Waals surface area contributed by atoms with Gasteiger partial charge in [-0.3, -0.25) is 4.79 Å². The number of carbonyl (C=O) groups is 4. The van der Waals surface area contributed by atoms with E-state index in [4.69, 9.17) is 19.7 Å². The molecule has 0 atom stereocenters. The number of ether oxygens (including phenoxy) is 2. The van der Waals surface area contributed by atoms with Gasteiger partial charge in [-0.1, -0.05) is 0 Å². The Balaban J connectivity index is 1.95.